The summed E-state index contributed by atoms with van der Waals surface area (Å²) in [6.45, 7) is 0. The minimum absolute atomic E-state index is 0.205. The first kappa shape index (κ1) is 10.8. The van der Waals surface area contributed by atoms with Gasteiger partial charge in [0.25, 0.3) is 0 Å². The smallest absolute Gasteiger partial charge is 0.224 e. The highest BCUT2D eigenvalue weighted by Crippen LogP contribution is 2.17. The maximum Gasteiger partial charge on any atom is 0.224 e. The summed E-state index contributed by atoms with van der Waals surface area (Å²) < 4.78 is 0.205. The molecular weight excluding hydrogens is 246 g/mol. The molecule has 0 aliphatic rings. The monoisotopic (exact) mass is 255 g/mol. The second kappa shape index (κ2) is 4.15. The van der Waals surface area contributed by atoms with Gasteiger partial charge in [-0.15, -0.1) is 0 Å². The van der Waals surface area contributed by atoms with Crippen molar-refractivity contribution in [2.45, 2.75) is 0 Å². The number of pyridine rings is 1. The molecule has 6 heteroatoms. The number of nitrogens with zero attached hydrogens (tertiary/aromatic N) is 3. The van der Waals surface area contributed by atoms with Gasteiger partial charge in [0.05, 0.1) is 5.52 Å². The van der Waals surface area contributed by atoms with E-state index in [1.54, 1.807) is 0 Å². The van der Waals surface area contributed by atoms with Crippen LogP contribution in [0.3, 0.4) is 0 Å². The Morgan fingerprint density at radius 2 is 1.83 bits per heavy atom. The number of nitrogen functional groups attached to an aromatic ring is 1. The molecule has 0 atom stereocenters. The number of aromatic amines is 1. The SMILES string of the molecule is Nc1nc(=S)nc(-c2ccc3ccccc3n2)[nH]1. The van der Waals surface area contributed by atoms with Crippen LogP contribution >= 0.6 is 12.2 Å². The van der Waals surface area contributed by atoms with E-state index in [1.807, 2.05) is 36.4 Å². The Hall–Kier alpha value is -2.34. The lowest BCUT2D eigenvalue weighted by atomic mass is 10.2. The van der Waals surface area contributed by atoms with Gasteiger partial charge in [0, 0.05) is 5.39 Å². The van der Waals surface area contributed by atoms with Crippen LogP contribution in [0.2, 0.25) is 0 Å². The minimum atomic E-state index is 0.205. The van der Waals surface area contributed by atoms with Crippen LogP contribution in [0.15, 0.2) is 36.4 Å². The van der Waals surface area contributed by atoms with Crippen LogP contribution in [0.1, 0.15) is 0 Å². The fourth-order valence-electron chi connectivity index (χ4n) is 1.72. The van der Waals surface area contributed by atoms with Crippen LogP contribution in [0.4, 0.5) is 5.95 Å². The normalized spacial score (nSPS) is 10.7. The maximum atomic E-state index is 5.61. The second-order valence-electron chi connectivity index (χ2n) is 3.75. The molecule has 0 radical (unpaired) electrons. The number of benzene rings is 1. The highest BCUT2D eigenvalue weighted by molar-refractivity contribution is 7.71. The molecule has 2 aromatic heterocycles. The van der Waals surface area contributed by atoms with Crippen LogP contribution in [0.5, 0.6) is 0 Å². The van der Waals surface area contributed by atoms with Gasteiger partial charge in [-0.1, -0.05) is 24.3 Å². The number of aromatic nitrogens is 4. The first-order valence-corrected chi connectivity index (χ1v) is 5.73. The van der Waals surface area contributed by atoms with Gasteiger partial charge in [0.1, 0.15) is 5.69 Å². The topological polar surface area (TPSA) is 80.5 Å². The summed E-state index contributed by atoms with van der Waals surface area (Å²) in [7, 11) is 0. The summed E-state index contributed by atoms with van der Waals surface area (Å²) >= 11 is 4.93. The molecule has 3 aromatic rings. The van der Waals surface area contributed by atoms with Crippen molar-refractivity contribution in [2.24, 2.45) is 0 Å². The molecule has 0 fully saturated rings. The Labute approximate surface area is 108 Å². The van der Waals surface area contributed by atoms with Crippen molar-refractivity contribution >= 4 is 29.1 Å². The van der Waals surface area contributed by atoms with Crippen LogP contribution in [0, 0.1) is 4.77 Å². The zero-order valence-electron chi connectivity index (χ0n) is 9.29. The summed E-state index contributed by atoms with van der Waals surface area (Å²) in [5.41, 5.74) is 7.19. The first-order valence-electron chi connectivity index (χ1n) is 5.32. The largest absolute Gasteiger partial charge is 0.369 e. The molecule has 0 aliphatic carbocycles. The highest BCUT2D eigenvalue weighted by atomic mass is 32.1. The van der Waals surface area contributed by atoms with Crippen molar-refractivity contribution in [3.05, 3.63) is 41.2 Å². The average Bonchev–Trinajstić information content (AvgIpc) is 2.37. The van der Waals surface area contributed by atoms with E-state index in [4.69, 9.17) is 18.0 Å². The Balaban J connectivity index is 2.22. The van der Waals surface area contributed by atoms with Gasteiger partial charge in [0.15, 0.2) is 5.82 Å². The summed E-state index contributed by atoms with van der Waals surface area (Å²) in [5.74, 6) is 0.762. The predicted molar refractivity (Wildman–Crippen MR) is 72.4 cm³/mol. The Morgan fingerprint density at radius 1 is 1.00 bits per heavy atom. The van der Waals surface area contributed by atoms with E-state index < -0.39 is 0 Å². The summed E-state index contributed by atoms with van der Waals surface area (Å²) in [5, 5.41) is 1.07. The molecule has 1 aromatic carbocycles. The molecule has 2 heterocycles. The zero-order valence-corrected chi connectivity index (χ0v) is 10.1. The van der Waals surface area contributed by atoms with Gasteiger partial charge in [-0.2, -0.15) is 9.97 Å². The van der Waals surface area contributed by atoms with Gasteiger partial charge in [-0.3, -0.25) is 0 Å². The van der Waals surface area contributed by atoms with Crippen LogP contribution < -0.4 is 5.73 Å². The Bertz CT molecular complexity index is 781. The quantitative estimate of drug-likeness (QED) is 0.652. The maximum absolute atomic E-state index is 5.61. The van der Waals surface area contributed by atoms with Gasteiger partial charge in [-0.05, 0) is 24.4 Å². The third-order valence-corrected chi connectivity index (χ3v) is 2.69. The van der Waals surface area contributed by atoms with E-state index in [-0.39, 0.29) is 10.7 Å². The summed E-state index contributed by atoms with van der Waals surface area (Å²) in [6, 6.07) is 11.7. The van der Waals surface area contributed by atoms with Gasteiger partial charge in [-0.25, -0.2) is 4.98 Å². The molecule has 5 nitrogen and oxygen atoms in total. The highest BCUT2D eigenvalue weighted by Gasteiger charge is 2.04. The van der Waals surface area contributed by atoms with Crippen molar-refractivity contribution in [1.82, 2.24) is 19.9 Å². The number of H-pyrrole nitrogens is 1. The Kier molecular flexibility index (Phi) is 2.49. The molecule has 3 rings (SSSR count). The minimum Gasteiger partial charge on any atom is -0.369 e. The molecule has 0 saturated carbocycles. The molecule has 0 saturated heterocycles. The molecule has 0 amide bonds. The van der Waals surface area contributed by atoms with Crippen molar-refractivity contribution in [3.63, 3.8) is 0 Å². The van der Waals surface area contributed by atoms with Crippen LogP contribution in [0.25, 0.3) is 22.4 Å². The average molecular weight is 255 g/mol. The van der Waals surface area contributed by atoms with E-state index in [2.05, 4.69) is 19.9 Å². The molecule has 3 N–H and O–H groups in total. The van der Waals surface area contributed by atoms with Crippen molar-refractivity contribution in [3.8, 4) is 11.5 Å². The van der Waals surface area contributed by atoms with E-state index in [0.29, 0.717) is 11.5 Å². The molecule has 0 bridgehead atoms. The van der Waals surface area contributed by atoms with Gasteiger partial charge >= 0.3 is 0 Å². The van der Waals surface area contributed by atoms with E-state index in [9.17, 15) is 0 Å². The summed E-state index contributed by atoms with van der Waals surface area (Å²) in [4.78, 5) is 15.3. The number of nitrogens with one attached hydrogen (secondary N) is 1. The third-order valence-electron chi connectivity index (χ3n) is 2.51. The van der Waals surface area contributed by atoms with Crippen LogP contribution in [-0.4, -0.2) is 19.9 Å². The molecular formula is C12H9N5S. The van der Waals surface area contributed by atoms with Gasteiger partial charge in [0.2, 0.25) is 10.7 Å². The van der Waals surface area contributed by atoms with E-state index in [1.165, 1.54) is 0 Å². The number of hydrogen-bond donors (Lipinski definition) is 2. The first-order chi connectivity index (χ1) is 8.72. The van der Waals surface area contributed by atoms with Crippen LogP contribution in [-0.2, 0) is 0 Å². The third kappa shape index (κ3) is 1.93. The van der Waals surface area contributed by atoms with Crippen molar-refractivity contribution in [2.75, 3.05) is 5.73 Å². The lowest BCUT2D eigenvalue weighted by molar-refractivity contribution is 1.04. The van der Waals surface area contributed by atoms with Crippen molar-refractivity contribution in [1.29, 1.82) is 0 Å². The number of hydrogen-bond acceptors (Lipinski definition) is 5. The number of fused-ring (bicyclic) bond motifs is 1. The molecule has 0 spiro atoms. The van der Waals surface area contributed by atoms with Gasteiger partial charge < -0.3 is 10.7 Å². The fraction of sp³-hybridized carbons (Fsp3) is 0. The number of rotatable bonds is 1. The Morgan fingerprint density at radius 3 is 2.67 bits per heavy atom. The zero-order chi connectivity index (χ0) is 12.5. The van der Waals surface area contributed by atoms with Crippen molar-refractivity contribution < 1.29 is 0 Å². The lowest BCUT2D eigenvalue weighted by Crippen LogP contribution is -2.00. The fourth-order valence-corrected chi connectivity index (χ4v) is 1.91. The molecule has 88 valence electrons. The summed E-state index contributed by atoms with van der Waals surface area (Å²) in [6.07, 6.45) is 0. The molecule has 18 heavy (non-hydrogen) atoms. The number of nitrogens with two attached hydrogens (primary N) is 1. The molecule has 0 aliphatic heterocycles. The second-order valence-corrected chi connectivity index (χ2v) is 4.12. The lowest BCUT2D eigenvalue weighted by Gasteiger charge is -2.03. The molecule has 0 unspecified atom stereocenters. The number of para-hydroxylation sites is 1. The van der Waals surface area contributed by atoms with E-state index in [0.717, 1.165) is 10.9 Å². The van der Waals surface area contributed by atoms with E-state index >= 15 is 0 Å². The predicted octanol–water partition coefficient (Wildman–Crippen LogP) is 2.33. The standard InChI is InChI=1S/C12H9N5S/c13-11-15-10(16-12(18)17-11)9-6-5-7-3-1-2-4-8(7)14-9/h1-6H,(H3,13,15,16,17,18). The number of anilines is 1.